The maximum atomic E-state index is 14.4. The van der Waals surface area contributed by atoms with Crippen molar-refractivity contribution in [2.24, 2.45) is 0 Å². The Morgan fingerprint density at radius 2 is 1.86 bits per heavy atom. The Balaban J connectivity index is 1.31. The van der Waals surface area contributed by atoms with Crippen molar-refractivity contribution in [3.05, 3.63) is 48.1 Å². The Kier molecular flexibility index (Phi) is 7.81. The normalized spacial score (nSPS) is 15.4. The summed E-state index contributed by atoms with van der Waals surface area (Å²) in [5.74, 6) is 2.03. The molecule has 0 atom stereocenters. The van der Waals surface area contributed by atoms with Gasteiger partial charge in [-0.2, -0.15) is 4.98 Å². The lowest BCUT2D eigenvalue weighted by Crippen LogP contribution is -2.49. The lowest BCUT2D eigenvalue weighted by atomic mass is 10.2. The summed E-state index contributed by atoms with van der Waals surface area (Å²) < 4.78 is 43.1. The Bertz CT molecular complexity index is 1290. The summed E-state index contributed by atoms with van der Waals surface area (Å²) in [6.45, 7) is 8.91. The SMILES string of the molecule is CC(C)c1noc(CN2CCN(CN(C)c3cc(Nc4ccc(S(C)(=O)=O)cc4F)ncn3)CC2)n1. The van der Waals surface area contributed by atoms with E-state index in [9.17, 15) is 12.8 Å². The standard InChI is InChI=1S/C23H31FN8O3S/c1-16(2)23-28-22(35-29-23)13-31-7-9-32(10-8-31)15-30(3)21-12-20(25-14-26-21)27-19-6-5-17(11-18(19)24)36(4,33)34/h5-6,11-12,14,16H,7-10,13,15H2,1-4H3,(H,25,26,27). The number of benzene rings is 1. The van der Waals surface area contributed by atoms with Crippen molar-refractivity contribution in [1.82, 2.24) is 29.9 Å². The number of sulfone groups is 1. The molecule has 0 radical (unpaired) electrons. The zero-order chi connectivity index (χ0) is 25.9. The molecule has 0 saturated carbocycles. The number of anilines is 3. The Labute approximate surface area is 210 Å². The first-order valence-corrected chi connectivity index (χ1v) is 13.5. The van der Waals surface area contributed by atoms with E-state index in [2.05, 4.69) is 35.2 Å². The molecule has 36 heavy (non-hydrogen) atoms. The fourth-order valence-electron chi connectivity index (χ4n) is 3.81. The van der Waals surface area contributed by atoms with Gasteiger partial charge < -0.3 is 14.7 Å². The van der Waals surface area contributed by atoms with Crippen LogP contribution in [0, 0.1) is 5.82 Å². The second-order valence-corrected chi connectivity index (χ2v) is 11.3. The van der Waals surface area contributed by atoms with E-state index in [0.717, 1.165) is 44.3 Å². The van der Waals surface area contributed by atoms with Gasteiger partial charge in [-0.1, -0.05) is 19.0 Å². The summed E-state index contributed by atoms with van der Waals surface area (Å²) in [6, 6.07) is 5.46. The molecule has 0 unspecified atom stereocenters. The third kappa shape index (κ3) is 6.53. The third-order valence-corrected chi connectivity index (χ3v) is 7.02. The number of nitrogens with one attached hydrogen (secondary N) is 1. The van der Waals surface area contributed by atoms with Crippen molar-refractivity contribution in [3.63, 3.8) is 0 Å². The highest BCUT2D eigenvalue weighted by molar-refractivity contribution is 7.90. The van der Waals surface area contributed by atoms with Crippen LogP contribution >= 0.6 is 0 Å². The molecule has 2 aromatic heterocycles. The summed E-state index contributed by atoms with van der Waals surface area (Å²) in [7, 11) is -1.55. The van der Waals surface area contributed by atoms with Crippen LogP contribution in [-0.2, 0) is 16.4 Å². The number of piperazine rings is 1. The molecule has 4 rings (SSSR count). The largest absolute Gasteiger partial charge is 0.347 e. The van der Waals surface area contributed by atoms with Gasteiger partial charge in [-0.15, -0.1) is 0 Å². The van der Waals surface area contributed by atoms with Gasteiger partial charge in [0.2, 0.25) is 5.89 Å². The highest BCUT2D eigenvalue weighted by Crippen LogP contribution is 2.23. The van der Waals surface area contributed by atoms with Crippen molar-refractivity contribution in [2.45, 2.75) is 31.2 Å². The van der Waals surface area contributed by atoms with E-state index in [4.69, 9.17) is 4.52 Å². The number of aromatic nitrogens is 4. The van der Waals surface area contributed by atoms with Crippen molar-refractivity contribution in [1.29, 1.82) is 0 Å². The van der Waals surface area contributed by atoms with Gasteiger partial charge in [0.25, 0.3) is 0 Å². The highest BCUT2D eigenvalue weighted by atomic mass is 32.2. The molecule has 11 nitrogen and oxygen atoms in total. The fourth-order valence-corrected chi connectivity index (χ4v) is 4.44. The number of nitrogens with zero attached hydrogens (tertiary/aromatic N) is 7. The molecule has 1 saturated heterocycles. The lowest BCUT2D eigenvalue weighted by molar-refractivity contribution is 0.117. The Hall–Kier alpha value is -3.16. The van der Waals surface area contributed by atoms with E-state index < -0.39 is 15.7 Å². The van der Waals surface area contributed by atoms with Crippen molar-refractivity contribution in [2.75, 3.05) is 56.4 Å². The maximum absolute atomic E-state index is 14.4. The summed E-state index contributed by atoms with van der Waals surface area (Å²) in [4.78, 5) is 19.5. The van der Waals surface area contributed by atoms with E-state index >= 15 is 0 Å². The number of hydrogen-bond acceptors (Lipinski definition) is 11. The minimum Gasteiger partial charge on any atom is -0.347 e. The molecular weight excluding hydrogens is 487 g/mol. The smallest absolute Gasteiger partial charge is 0.240 e. The van der Waals surface area contributed by atoms with Crippen LogP contribution < -0.4 is 10.2 Å². The molecule has 3 heterocycles. The van der Waals surface area contributed by atoms with Gasteiger partial charge in [0.1, 0.15) is 23.8 Å². The quantitative estimate of drug-likeness (QED) is 0.450. The van der Waals surface area contributed by atoms with Crippen LogP contribution in [0.15, 0.2) is 40.0 Å². The fraction of sp³-hybridized carbons (Fsp3) is 0.478. The summed E-state index contributed by atoms with van der Waals surface area (Å²) in [6.07, 6.45) is 2.45. The zero-order valence-corrected chi connectivity index (χ0v) is 21.7. The molecule has 1 aliphatic heterocycles. The molecule has 194 valence electrons. The maximum Gasteiger partial charge on any atom is 0.240 e. The minimum atomic E-state index is -3.49. The first-order valence-electron chi connectivity index (χ1n) is 11.7. The third-order valence-electron chi connectivity index (χ3n) is 5.91. The van der Waals surface area contributed by atoms with E-state index in [-0.39, 0.29) is 16.5 Å². The van der Waals surface area contributed by atoms with Crippen LogP contribution in [0.25, 0.3) is 0 Å². The van der Waals surface area contributed by atoms with Gasteiger partial charge in [-0.05, 0) is 18.2 Å². The summed E-state index contributed by atoms with van der Waals surface area (Å²) >= 11 is 0. The van der Waals surface area contributed by atoms with Crippen molar-refractivity contribution >= 4 is 27.2 Å². The number of rotatable bonds is 9. The molecule has 0 spiro atoms. The molecule has 0 aliphatic carbocycles. The van der Waals surface area contributed by atoms with Crippen LogP contribution in [-0.4, -0.2) is 84.5 Å². The molecule has 1 aliphatic rings. The van der Waals surface area contributed by atoms with E-state index in [1.165, 1.54) is 18.5 Å². The Morgan fingerprint density at radius 3 is 2.50 bits per heavy atom. The topological polar surface area (TPSA) is 121 Å². The molecule has 3 aromatic rings. The monoisotopic (exact) mass is 518 g/mol. The molecule has 13 heteroatoms. The summed E-state index contributed by atoms with van der Waals surface area (Å²) in [5, 5.41) is 6.93. The average Bonchev–Trinajstić information content (AvgIpc) is 3.30. The van der Waals surface area contributed by atoms with Gasteiger partial charge in [-0.25, -0.2) is 22.8 Å². The first kappa shape index (κ1) is 25.9. The minimum absolute atomic E-state index is 0.0776. The second-order valence-electron chi connectivity index (χ2n) is 9.23. The predicted octanol–water partition coefficient (Wildman–Crippen LogP) is 2.48. The van der Waals surface area contributed by atoms with Gasteiger partial charge in [-0.3, -0.25) is 9.80 Å². The first-order chi connectivity index (χ1) is 17.1. The van der Waals surface area contributed by atoms with Gasteiger partial charge in [0, 0.05) is 51.5 Å². The second kappa shape index (κ2) is 10.8. The lowest BCUT2D eigenvalue weighted by Gasteiger charge is -2.36. The molecule has 0 amide bonds. The highest BCUT2D eigenvalue weighted by Gasteiger charge is 2.21. The van der Waals surface area contributed by atoms with Crippen molar-refractivity contribution < 1.29 is 17.3 Å². The molecule has 1 N–H and O–H groups in total. The van der Waals surface area contributed by atoms with Crippen LogP contribution in [0.1, 0.15) is 31.5 Å². The average molecular weight is 519 g/mol. The Morgan fingerprint density at radius 1 is 1.14 bits per heavy atom. The van der Waals surface area contributed by atoms with E-state index in [1.54, 1.807) is 6.07 Å². The molecule has 1 fully saturated rings. The van der Waals surface area contributed by atoms with Crippen LogP contribution in [0.3, 0.4) is 0 Å². The van der Waals surface area contributed by atoms with Crippen LogP contribution in [0.4, 0.5) is 21.7 Å². The van der Waals surface area contributed by atoms with E-state index in [0.29, 0.717) is 30.7 Å². The van der Waals surface area contributed by atoms with Crippen LogP contribution in [0.2, 0.25) is 0 Å². The molecule has 1 aromatic carbocycles. The molecule has 0 bridgehead atoms. The van der Waals surface area contributed by atoms with Gasteiger partial charge in [0.05, 0.1) is 23.8 Å². The van der Waals surface area contributed by atoms with Crippen molar-refractivity contribution in [3.8, 4) is 0 Å². The molecular formula is C23H31FN8O3S. The van der Waals surface area contributed by atoms with Gasteiger partial charge in [0.15, 0.2) is 15.7 Å². The number of hydrogen-bond donors (Lipinski definition) is 1. The predicted molar refractivity (Wildman–Crippen MR) is 133 cm³/mol. The van der Waals surface area contributed by atoms with Gasteiger partial charge >= 0.3 is 0 Å². The zero-order valence-electron chi connectivity index (χ0n) is 20.8. The van der Waals surface area contributed by atoms with Crippen LogP contribution in [0.5, 0.6) is 0 Å². The number of halogens is 1. The summed E-state index contributed by atoms with van der Waals surface area (Å²) in [5.41, 5.74) is 0.132. The van der Waals surface area contributed by atoms with E-state index in [1.807, 2.05) is 25.8 Å².